The summed E-state index contributed by atoms with van der Waals surface area (Å²) in [4.78, 5) is 36.4. The third kappa shape index (κ3) is 4.68. The van der Waals surface area contributed by atoms with Crippen LogP contribution in [0.2, 0.25) is 0 Å². The van der Waals surface area contributed by atoms with Crippen molar-refractivity contribution >= 4 is 27.6 Å². The number of fused-ring (bicyclic) bond motifs is 2. The number of ether oxygens (including phenoxy) is 1. The van der Waals surface area contributed by atoms with Crippen LogP contribution < -0.4 is 10.3 Å². The van der Waals surface area contributed by atoms with E-state index in [1.165, 1.54) is 0 Å². The molecular formula is C31H31N5O3. The minimum atomic E-state index is -0.107. The van der Waals surface area contributed by atoms with E-state index in [1.54, 1.807) is 22.7 Å². The van der Waals surface area contributed by atoms with E-state index in [0.29, 0.717) is 12.1 Å². The lowest BCUT2D eigenvalue weighted by atomic mass is 10.0. The Hall–Kier alpha value is -4.43. The molecule has 8 nitrogen and oxygen atoms in total. The van der Waals surface area contributed by atoms with Gasteiger partial charge in [0, 0.05) is 68.7 Å². The number of aromatic nitrogens is 3. The third-order valence-electron chi connectivity index (χ3n) is 7.73. The zero-order valence-electron chi connectivity index (χ0n) is 22.3. The number of hydrogen-bond donors (Lipinski definition) is 1. The highest BCUT2D eigenvalue weighted by Crippen LogP contribution is 2.30. The second kappa shape index (κ2) is 10.0. The molecule has 1 amide bonds. The topological polar surface area (TPSA) is 83.5 Å². The summed E-state index contributed by atoms with van der Waals surface area (Å²) in [6, 6.07) is 18.3. The number of rotatable bonds is 6. The van der Waals surface area contributed by atoms with Crippen molar-refractivity contribution in [1.29, 1.82) is 0 Å². The Labute approximate surface area is 226 Å². The van der Waals surface area contributed by atoms with Crippen LogP contribution in [-0.4, -0.2) is 69.6 Å². The lowest BCUT2D eigenvalue weighted by Crippen LogP contribution is -2.55. The van der Waals surface area contributed by atoms with Gasteiger partial charge in [0.1, 0.15) is 17.9 Å². The Balaban J connectivity index is 1.16. The maximum absolute atomic E-state index is 12.4. The molecular weight excluding hydrogens is 490 g/mol. The first-order valence-corrected chi connectivity index (χ1v) is 13.2. The predicted molar refractivity (Wildman–Crippen MR) is 154 cm³/mol. The van der Waals surface area contributed by atoms with Crippen LogP contribution in [0.15, 0.2) is 78.0 Å². The van der Waals surface area contributed by atoms with Gasteiger partial charge in [0.2, 0.25) is 5.91 Å². The molecule has 0 unspecified atom stereocenters. The molecule has 4 heterocycles. The number of aromatic amines is 1. The van der Waals surface area contributed by atoms with E-state index in [1.807, 2.05) is 44.6 Å². The molecule has 1 atom stereocenters. The van der Waals surface area contributed by atoms with E-state index in [-0.39, 0.29) is 17.5 Å². The summed E-state index contributed by atoms with van der Waals surface area (Å²) in [5, 5.41) is 3.00. The number of nitrogens with zero attached hydrogens (tertiary/aromatic N) is 4. The summed E-state index contributed by atoms with van der Waals surface area (Å²) in [6.07, 6.45) is 5.52. The van der Waals surface area contributed by atoms with Gasteiger partial charge < -0.3 is 19.2 Å². The van der Waals surface area contributed by atoms with Crippen LogP contribution in [0.25, 0.3) is 44.1 Å². The van der Waals surface area contributed by atoms with Crippen molar-refractivity contribution in [2.24, 2.45) is 7.05 Å². The summed E-state index contributed by atoms with van der Waals surface area (Å²) < 4.78 is 7.56. The molecule has 2 aromatic carbocycles. The van der Waals surface area contributed by atoms with Crippen LogP contribution >= 0.6 is 0 Å². The summed E-state index contributed by atoms with van der Waals surface area (Å²) >= 11 is 0. The number of hydrogen-bond acceptors (Lipinski definition) is 5. The minimum Gasteiger partial charge on any atom is -0.492 e. The number of likely N-dealkylation sites (N-methyl/N-ethyl adjacent to an activating group) is 1. The van der Waals surface area contributed by atoms with Crippen molar-refractivity contribution in [3.63, 3.8) is 0 Å². The first-order valence-electron chi connectivity index (χ1n) is 13.2. The molecule has 5 aromatic rings. The molecule has 0 radical (unpaired) electrons. The van der Waals surface area contributed by atoms with Gasteiger partial charge in [0.05, 0.1) is 11.7 Å². The number of nitrogens with one attached hydrogen (secondary N) is 1. The van der Waals surface area contributed by atoms with E-state index in [0.717, 1.165) is 63.9 Å². The zero-order valence-corrected chi connectivity index (χ0v) is 22.3. The van der Waals surface area contributed by atoms with Crippen molar-refractivity contribution in [2.75, 3.05) is 33.3 Å². The van der Waals surface area contributed by atoms with Gasteiger partial charge >= 0.3 is 0 Å². The van der Waals surface area contributed by atoms with E-state index >= 15 is 0 Å². The van der Waals surface area contributed by atoms with Gasteiger partial charge in [0.15, 0.2) is 0 Å². The molecule has 1 aliphatic rings. The van der Waals surface area contributed by atoms with Crippen molar-refractivity contribution in [3.05, 3.63) is 83.5 Å². The molecule has 0 aliphatic carbocycles. The van der Waals surface area contributed by atoms with Crippen LogP contribution in [-0.2, 0) is 11.8 Å². The second-order valence-corrected chi connectivity index (χ2v) is 10.2. The van der Waals surface area contributed by atoms with Crippen molar-refractivity contribution in [3.8, 4) is 28.1 Å². The van der Waals surface area contributed by atoms with E-state index in [2.05, 4.69) is 46.3 Å². The lowest BCUT2D eigenvalue weighted by Gasteiger charge is -2.37. The monoisotopic (exact) mass is 521 g/mol. The van der Waals surface area contributed by atoms with Crippen molar-refractivity contribution in [1.82, 2.24) is 24.3 Å². The average Bonchev–Trinajstić information content (AvgIpc) is 3.45. The number of carbonyl (C=O) groups is 1. The molecule has 8 heteroatoms. The fourth-order valence-corrected chi connectivity index (χ4v) is 5.33. The molecule has 1 fully saturated rings. The third-order valence-corrected chi connectivity index (χ3v) is 7.73. The van der Waals surface area contributed by atoms with Gasteiger partial charge in [-0.1, -0.05) is 24.3 Å². The average molecular weight is 522 g/mol. The molecule has 0 bridgehead atoms. The van der Waals surface area contributed by atoms with Gasteiger partial charge in [-0.2, -0.15) is 0 Å². The van der Waals surface area contributed by atoms with Crippen LogP contribution in [0.4, 0.5) is 0 Å². The minimum absolute atomic E-state index is 0.0540. The molecule has 39 heavy (non-hydrogen) atoms. The van der Waals surface area contributed by atoms with Crippen LogP contribution in [0.5, 0.6) is 5.75 Å². The Bertz CT molecular complexity index is 1740. The number of H-pyrrole nitrogens is 1. The highest BCUT2D eigenvalue weighted by Gasteiger charge is 2.28. The second-order valence-electron chi connectivity index (χ2n) is 10.2. The normalized spacial score (nSPS) is 16.3. The fraction of sp³-hybridized carbons (Fsp3) is 0.258. The Morgan fingerprint density at radius 2 is 1.77 bits per heavy atom. The number of pyridine rings is 2. The highest BCUT2D eigenvalue weighted by molar-refractivity contribution is 5.96. The quantitative estimate of drug-likeness (QED) is 0.361. The van der Waals surface area contributed by atoms with Gasteiger partial charge in [-0.15, -0.1) is 0 Å². The number of aryl methyl sites for hydroxylation is 1. The van der Waals surface area contributed by atoms with Crippen LogP contribution in [0.3, 0.4) is 0 Å². The Morgan fingerprint density at radius 3 is 2.59 bits per heavy atom. The molecule has 6 rings (SSSR count). The van der Waals surface area contributed by atoms with Crippen molar-refractivity contribution < 1.29 is 9.53 Å². The highest BCUT2D eigenvalue weighted by atomic mass is 16.5. The number of amides is 1. The molecule has 0 spiro atoms. The summed E-state index contributed by atoms with van der Waals surface area (Å²) in [6.45, 7) is 4.83. The summed E-state index contributed by atoms with van der Waals surface area (Å²) in [5.41, 5.74) is 4.48. The number of piperazine rings is 1. The lowest BCUT2D eigenvalue weighted by molar-refractivity contribution is -0.139. The van der Waals surface area contributed by atoms with E-state index in [9.17, 15) is 9.59 Å². The first-order chi connectivity index (χ1) is 18.9. The Kier molecular flexibility index (Phi) is 6.40. The standard InChI is InChI=1S/C31H31N5O3/c1-20-30(37)34(2)12-13-36(20)14-15-39-25-8-6-21(7-9-25)22-4-5-23-17-28(33-18-24(23)16-22)27-19-35(3)31(38)29-26(27)10-11-32-29/h4-11,16-20,32H,12-15H2,1-3H3/t20-/m1/s1. The molecule has 1 aliphatic heterocycles. The van der Waals surface area contributed by atoms with Gasteiger partial charge in [0.25, 0.3) is 5.56 Å². The zero-order chi connectivity index (χ0) is 27.1. The van der Waals surface area contributed by atoms with Gasteiger partial charge in [-0.3, -0.25) is 19.5 Å². The maximum Gasteiger partial charge on any atom is 0.274 e. The molecule has 1 saturated heterocycles. The molecule has 198 valence electrons. The molecule has 3 aromatic heterocycles. The summed E-state index contributed by atoms with van der Waals surface area (Å²) in [7, 11) is 3.61. The first kappa shape index (κ1) is 24.9. The van der Waals surface area contributed by atoms with Gasteiger partial charge in [-0.25, -0.2) is 0 Å². The number of carbonyl (C=O) groups excluding carboxylic acids is 1. The maximum atomic E-state index is 12.4. The number of benzene rings is 2. The van der Waals surface area contributed by atoms with Crippen LogP contribution in [0.1, 0.15) is 6.92 Å². The fourth-order valence-electron chi connectivity index (χ4n) is 5.33. The largest absolute Gasteiger partial charge is 0.492 e. The van der Waals surface area contributed by atoms with Gasteiger partial charge in [-0.05, 0) is 53.8 Å². The van der Waals surface area contributed by atoms with E-state index in [4.69, 9.17) is 9.72 Å². The molecule has 0 saturated carbocycles. The SMILES string of the molecule is C[C@@H]1C(=O)N(C)CCN1CCOc1ccc(-c2ccc3cc(-c4cn(C)c(=O)c5[nH]ccc45)ncc3c2)cc1. The van der Waals surface area contributed by atoms with Crippen LogP contribution in [0, 0.1) is 0 Å². The van der Waals surface area contributed by atoms with Crippen molar-refractivity contribution in [2.45, 2.75) is 13.0 Å². The molecule has 1 N–H and O–H groups in total. The van der Waals surface area contributed by atoms with E-state index < -0.39 is 0 Å². The smallest absolute Gasteiger partial charge is 0.274 e. The summed E-state index contributed by atoms with van der Waals surface area (Å²) in [5.74, 6) is 0.977. The predicted octanol–water partition coefficient (Wildman–Crippen LogP) is 4.29. The Morgan fingerprint density at radius 1 is 0.974 bits per heavy atom.